The Balaban J connectivity index is 1.55. The van der Waals surface area contributed by atoms with Gasteiger partial charge >= 0.3 is 0 Å². The maximum absolute atomic E-state index is 12.4. The van der Waals surface area contributed by atoms with Crippen molar-refractivity contribution in [3.63, 3.8) is 0 Å². The van der Waals surface area contributed by atoms with Gasteiger partial charge in [0.1, 0.15) is 18.9 Å². The number of aryl methyl sites for hydroxylation is 2. The fourth-order valence-electron chi connectivity index (χ4n) is 3.34. The van der Waals surface area contributed by atoms with Crippen molar-refractivity contribution >= 4 is 33.5 Å². The van der Waals surface area contributed by atoms with Crippen molar-refractivity contribution in [2.24, 2.45) is 5.10 Å². The Morgan fingerprint density at radius 2 is 1.75 bits per heavy atom. The first-order valence-electron chi connectivity index (χ1n) is 10.9. The molecule has 1 N–H and O–H groups in total. The lowest BCUT2D eigenvalue weighted by Crippen LogP contribution is -2.39. The van der Waals surface area contributed by atoms with E-state index in [9.17, 15) is 23.3 Å². The Labute approximate surface area is 209 Å². The Morgan fingerprint density at radius 1 is 1.08 bits per heavy atom. The van der Waals surface area contributed by atoms with Crippen molar-refractivity contribution in [1.82, 2.24) is 5.43 Å². The van der Waals surface area contributed by atoms with Crippen molar-refractivity contribution in [2.75, 3.05) is 17.1 Å². The number of carbonyl (C=O) groups excluding carboxylic acids is 1. The Bertz CT molecular complexity index is 1370. The zero-order valence-corrected chi connectivity index (χ0v) is 20.9. The molecule has 0 spiro atoms. The number of carbonyl (C=O) groups is 1. The molecular weight excluding hydrogens is 484 g/mol. The number of hydrogen-bond donors (Lipinski definition) is 1. The number of sulfonamides is 1. The summed E-state index contributed by atoms with van der Waals surface area (Å²) in [5.74, 6) is 0.00602. The number of nitro benzene ring substituents is 1. The van der Waals surface area contributed by atoms with Crippen LogP contribution in [0.4, 0.5) is 11.4 Å². The fourth-order valence-corrected chi connectivity index (χ4v) is 4.26. The predicted octanol–water partition coefficient (Wildman–Crippen LogP) is 3.71. The lowest BCUT2D eigenvalue weighted by atomic mass is 10.1. The number of anilines is 1. The molecular formula is C25H26N4O6S. The summed E-state index contributed by atoms with van der Waals surface area (Å²) >= 11 is 0. The lowest BCUT2D eigenvalue weighted by Gasteiger charge is -2.23. The molecule has 11 heteroatoms. The van der Waals surface area contributed by atoms with Gasteiger partial charge in [-0.05, 0) is 73.0 Å². The lowest BCUT2D eigenvalue weighted by molar-refractivity contribution is -0.384. The number of nitrogens with zero attached hydrogens (tertiary/aromatic N) is 3. The molecule has 3 aromatic carbocycles. The molecule has 3 aromatic rings. The average molecular weight is 511 g/mol. The monoisotopic (exact) mass is 510 g/mol. The zero-order chi connectivity index (χ0) is 26.3. The number of benzene rings is 3. The highest BCUT2D eigenvalue weighted by Crippen LogP contribution is 2.23. The Hall–Kier alpha value is -4.25. The number of hydrazone groups is 1. The van der Waals surface area contributed by atoms with Crippen LogP contribution in [0.1, 0.15) is 22.3 Å². The number of non-ortho nitro benzene ring substituents is 1. The molecule has 0 fully saturated rings. The molecule has 0 unspecified atom stereocenters. The molecule has 188 valence electrons. The number of ether oxygens (including phenoxy) is 1. The number of nitrogens with one attached hydrogen (secondary N) is 1. The second-order valence-electron chi connectivity index (χ2n) is 8.13. The van der Waals surface area contributed by atoms with Gasteiger partial charge in [-0.1, -0.05) is 17.7 Å². The third-order valence-electron chi connectivity index (χ3n) is 5.14. The van der Waals surface area contributed by atoms with E-state index in [-0.39, 0.29) is 12.3 Å². The van der Waals surface area contributed by atoms with Gasteiger partial charge in [0.2, 0.25) is 10.0 Å². The summed E-state index contributed by atoms with van der Waals surface area (Å²) in [6.45, 7) is 3.53. The zero-order valence-electron chi connectivity index (χ0n) is 20.0. The van der Waals surface area contributed by atoms with Crippen molar-refractivity contribution in [1.29, 1.82) is 0 Å². The minimum Gasteiger partial charge on any atom is -0.489 e. The molecule has 0 bridgehead atoms. The van der Waals surface area contributed by atoms with Crippen LogP contribution in [0.2, 0.25) is 0 Å². The van der Waals surface area contributed by atoms with E-state index < -0.39 is 27.4 Å². The summed E-state index contributed by atoms with van der Waals surface area (Å²) in [4.78, 5) is 22.6. The summed E-state index contributed by atoms with van der Waals surface area (Å²) in [5, 5.41) is 14.6. The van der Waals surface area contributed by atoms with E-state index >= 15 is 0 Å². The van der Waals surface area contributed by atoms with Gasteiger partial charge in [-0.3, -0.25) is 19.2 Å². The first kappa shape index (κ1) is 26.4. The van der Waals surface area contributed by atoms with Crippen molar-refractivity contribution in [3.8, 4) is 5.75 Å². The molecule has 1 amide bonds. The summed E-state index contributed by atoms with van der Waals surface area (Å²) in [6.07, 6.45) is 2.48. The van der Waals surface area contributed by atoms with Gasteiger partial charge in [0.05, 0.1) is 23.1 Å². The van der Waals surface area contributed by atoms with E-state index in [2.05, 4.69) is 10.5 Å². The van der Waals surface area contributed by atoms with Crippen LogP contribution in [-0.2, 0) is 21.4 Å². The quantitative estimate of drug-likeness (QED) is 0.251. The molecule has 0 aliphatic carbocycles. The minimum absolute atomic E-state index is 0.0174. The smallest absolute Gasteiger partial charge is 0.269 e. The SMILES string of the molecule is Cc1ccc(N(CC(=O)N/N=C\c2ccc(OCc3ccc([N+](=O)[O-])cc3)cc2)S(C)(=O)=O)c(C)c1. The third kappa shape index (κ3) is 7.37. The Kier molecular flexibility index (Phi) is 8.38. The summed E-state index contributed by atoms with van der Waals surface area (Å²) in [6, 6.07) is 18.3. The maximum Gasteiger partial charge on any atom is 0.269 e. The van der Waals surface area contributed by atoms with E-state index in [0.717, 1.165) is 27.3 Å². The number of amides is 1. The van der Waals surface area contributed by atoms with Gasteiger partial charge in [0.15, 0.2) is 0 Å². The van der Waals surface area contributed by atoms with Gasteiger partial charge in [-0.2, -0.15) is 5.10 Å². The normalized spacial score (nSPS) is 11.3. The van der Waals surface area contributed by atoms with E-state index in [1.807, 2.05) is 13.0 Å². The van der Waals surface area contributed by atoms with Crippen LogP contribution in [-0.4, -0.2) is 38.3 Å². The molecule has 0 saturated heterocycles. The second-order valence-corrected chi connectivity index (χ2v) is 10.0. The molecule has 36 heavy (non-hydrogen) atoms. The molecule has 3 rings (SSSR count). The van der Waals surface area contributed by atoms with Crippen molar-refractivity contribution in [2.45, 2.75) is 20.5 Å². The molecule has 10 nitrogen and oxygen atoms in total. The van der Waals surface area contributed by atoms with Crippen LogP contribution < -0.4 is 14.5 Å². The highest BCUT2D eigenvalue weighted by atomic mass is 32.2. The number of nitro groups is 1. The van der Waals surface area contributed by atoms with Crippen LogP contribution >= 0.6 is 0 Å². The van der Waals surface area contributed by atoms with E-state index in [0.29, 0.717) is 17.0 Å². The molecule has 0 heterocycles. The first-order chi connectivity index (χ1) is 17.0. The van der Waals surface area contributed by atoms with Crippen molar-refractivity contribution in [3.05, 3.63) is 99.1 Å². The summed E-state index contributed by atoms with van der Waals surface area (Å²) in [5.41, 5.74) is 6.02. The van der Waals surface area contributed by atoms with Crippen LogP contribution in [0.5, 0.6) is 5.75 Å². The number of rotatable bonds is 10. The highest BCUT2D eigenvalue weighted by Gasteiger charge is 2.22. The standard InChI is InChI=1S/C25H26N4O6S/c1-18-4-13-24(19(2)14-18)28(36(3,33)34)16-25(30)27-26-15-20-7-11-23(12-8-20)35-17-21-5-9-22(10-6-21)29(31)32/h4-15H,16-17H2,1-3H3,(H,27,30)/b26-15-. The first-order valence-corrected chi connectivity index (χ1v) is 12.7. The van der Waals surface area contributed by atoms with Gasteiger partial charge < -0.3 is 4.74 Å². The van der Waals surface area contributed by atoms with Crippen LogP contribution in [0.3, 0.4) is 0 Å². The Morgan fingerprint density at radius 3 is 2.33 bits per heavy atom. The average Bonchev–Trinajstić information content (AvgIpc) is 2.82. The van der Waals surface area contributed by atoms with Crippen LogP contribution in [0.15, 0.2) is 71.8 Å². The number of hydrogen-bond acceptors (Lipinski definition) is 7. The van der Waals surface area contributed by atoms with Crippen LogP contribution in [0, 0.1) is 24.0 Å². The van der Waals surface area contributed by atoms with E-state index in [4.69, 9.17) is 4.74 Å². The van der Waals surface area contributed by atoms with Gasteiger partial charge in [0.25, 0.3) is 11.6 Å². The van der Waals surface area contributed by atoms with Crippen molar-refractivity contribution < 1.29 is 22.9 Å². The fraction of sp³-hybridized carbons (Fsp3) is 0.200. The van der Waals surface area contributed by atoms with E-state index in [1.165, 1.54) is 18.3 Å². The summed E-state index contributed by atoms with van der Waals surface area (Å²) < 4.78 is 31.3. The third-order valence-corrected chi connectivity index (χ3v) is 6.27. The predicted molar refractivity (Wildman–Crippen MR) is 138 cm³/mol. The van der Waals surface area contributed by atoms with Gasteiger partial charge in [-0.15, -0.1) is 0 Å². The molecule has 0 aliphatic heterocycles. The molecule has 0 aromatic heterocycles. The topological polar surface area (TPSA) is 131 Å². The summed E-state index contributed by atoms with van der Waals surface area (Å²) in [7, 11) is -3.69. The van der Waals surface area contributed by atoms with Gasteiger partial charge in [0, 0.05) is 12.1 Å². The molecule has 0 radical (unpaired) electrons. The molecule has 0 aliphatic rings. The second kappa shape index (κ2) is 11.5. The van der Waals surface area contributed by atoms with Crippen LogP contribution in [0.25, 0.3) is 0 Å². The largest absolute Gasteiger partial charge is 0.489 e. The molecule has 0 saturated carbocycles. The molecule has 0 atom stereocenters. The van der Waals surface area contributed by atoms with Gasteiger partial charge in [-0.25, -0.2) is 13.8 Å². The maximum atomic E-state index is 12.4. The van der Waals surface area contributed by atoms with E-state index in [1.54, 1.807) is 55.5 Å². The minimum atomic E-state index is -3.69. The highest BCUT2D eigenvalue weighted by molar-refractivity contribution is 7.92.